The summed E-state index contributed by atoms with van der Waals surface area (Å²) in [7, 11) is 6.01. The summed E-state index contributed by atoms with van der Waals surface area (Å²) in [5.74, 6) is -1.96. The van der Waals surface area contributed by atoms with Crippen molar-refractivity contribution in [3.05, 3.63) is 0 Å². The summed E-state index contributed by atoms with van der Waals surface area (Å²) in [4.78, 5) is 37.8. The molecule has 0 radical (unpaired) electrons. The van der Waals surface area contributed by atoms with Crippen LogP contribution in [0.2, 0.25) is 0 Å². The van der Waals surface area contributed by atoms with Crippen LogP contribution in [0.5, 0.6) is 0 Å². The van der Waals surface area contributed by atoms with Gasteiger partial charge in [0.05, 0.1) is 34.4 Å². The van der Waals surface area contributed by atoms with Crippen molar-refractivity contribution >= 4 is 17.9 Å². The average molecular weight is 1400 g/mol. The maximum atomic E-state index is 13.0. The van der Waals surface area contributed by atoms with E-state index in [1.807, 2.05) is 21.1 Å². The minimum Gasteiger partial charge on any atom is -0.477 e. The summed E-state index contributed by atoms with van der Waals surface area (Å²) in [6.45, 7) is 5.00. The first-order chi connectivity index (χ1) is 48.6. The van der Waals surface area contributed by atoms with Crippen molar-refractivity contribution in [3.63, 3.8) is 0 Å². The van der Waals surface area contributed by atoms with Gasteiger partial charge in [-0.3, -0.25) is 9.59 Å². The van der Waals surface area contributed by atoms with Crippen LogP contribution in [0.25, 0.3) is 0 Å². The van der Waals surface area contributed by atoms with E-state index in [0.717, 1.165) is 38.5 Å². The van der Waals surface area contributed by atoms with Gasteiger partial charge in [0, 0.05) is 12.8 Å². The number of rotatable bonds is 87. The van der Waals surface area contributed by atoms with Crippen LogP contribution in [0.1, 0.15) is 502 Å². The minimum absolute atomic E-state index is 0.171. The molecule has 0 aliphatic carbocycles. The van der Waals surface area contributed by atoms with Crippen LogP contribution in [-0.4, -0.2) is 87.4 Å². The number of ether oxygens (including phenoxy) is 4. The van der Waals surface area contributed by atoms with Gasteiger partial charge in [-0.15, -0.1) is 0 Å². The van der Waals surface area contributed by atoms with Crippen LogP contribution in [-0.2, 0) is 33.3 Å². The van der Waals surface area contributed by atoms with Crippen LogP contribution >= 0.6 is 0 Å². The standard InChI is InChI=1S/C90H177NO8/c1-6-8-10-12-14-16-18-20-22-24-26-28-30-32-34-36-38-40-42-43-44-45-47-49-51-53-55-57-59-61-63-65-67-69-71-73-75-77-79-81-88(93)99-86(85-98-90(89(94)95)96-83-82-91(3,4)5)84-97-87(92)80-78-76-74-72-70-68-66-64-62-60-58-56-54-52-50-48-46-41-39-37-35-33-31-29-27-25-23-21-19-17-15-13-11-9-7-2/h86,90H,6-85H2,1-5H3/p+1. The molecular weight excluding hydrogens is 1220 g/mol. The number of quaternary nitrogens is 1. The summed E-state index contributed by atoms with van der Waals surface area (Å²) < 4.78 is 23.1. The molecule has 0 aliphatic rings. The maximum Gasteiger partial charge on any atom is 0.361 e. The fourth-order valence-corrected chi connectivity index (χ4v) is 14.5. The van der Waals surface area contributed by atoms with E-state index < -0.39 is 18.4 Å². The normalized spacial score (nSPS) is 12.5. The fraction of sp³-hybridized carbons (Fsp3) is 0.967. The van der Waals surface area contributed by atoms with Gasteiger partial charge in [0.1, 0.15) is 13.2 Å². The van der Waals surface area contributed by atoms with Crippen molar-refractivity contribution < 1.29 is 42.9 Å². The first kappa shape index (κ1) is 97.3. The van der Waals surface area contributed by atoms with Gasteiger partial charge < -0.3 is 28.5 Å². The number of hydrogen-bond donors (Lipinski definition) is 1. The third kappa shape index (κ3) is 83.4. The lowest BCUT2D eigenvalue weighted by Gasteiger charge is -2.25. The first-order valence-corrected chi connectivity index (χ1v) is 45.2. The molecule has 0 heterocycles. The zero-order chi connectivity index (χ0) is 71.8. The highest BCUT2D eigenvalue weighted by molar-refractivity contribution is 5.71. The van der Waals surface area contributed by atoms with Crippen molar-refractivity contribution in [1.29, 1.82) is 0 Å². The van der Waals surface area contributed by atoms with E-state index in [-0.39, 0.29) is 38.2 Å². The predicted octanol–water partition coefficient (Wildman–Crippen LogP) is 29.3. The topological polar surface area (TPSA) is 108 Å². The number of hydrogen-bond acceptors (Lipinski definition) is 7. The molecule has 0 aromatic rings. The number of carbonyl (C=O) groups excluding carboxylic acids is 2. The van der Waals surface area contributed by atoms with Crippen molar-refractivity contribution in [2.24, 2.45) is 0 Å². The van der Waals surface area contributed by atoms with E-state index in [1.54, 1.807) is 0 Å². The van der Waals surface area contributed by atoms with Crippen molar-refractivity contribution in [2.75, 3.05) is 47.5 Å². The zero-order valence-electron chi connectivity index (χ0n) is 68.0. The van der Waals surface area contributed by atoms with Crippen molar-refractivity contribution in [3.8, 4) is 0 Å². The van der Waals surface area contributed by atoms with Crippen LogP contribution in [0.3, 0.4) is 0 Å². The van der Waals surface area contributed by atoms with Gasteiger partial charge in [0.25, 0.3) is 6.29 Å². The molecule has 1 N–H and O–H groups in total. The molecular formula is C90H178NO8+. The number of carboxylic acids is 1. The molecule has 9 nitrogen and oxygen atoms in total. The van der Waals surface area contributed by atoms with E-state index in [2.05, 4.69) is 13.8 Å². The van der Waals surface area contributed by atoms with E-state index in [4.69, 9.17) is 18.9 Å². The molecule has 0 amide bonds. The smallest absolute Gasteiger partial charge is 0.361 e. The number of carbonyl (C=O) groups is 3. The van der Waals surface area contributed by atoms with Crippen LogP contribution < -0.4 is 0 Å². The molecule has 0 aromatic carbocycles. The molecule has 0 fully saturated rings. The largest absolute Gasteiger partial charge is 0.477 e. The third-order valence-corrected chi connectivity index (χ3v) is 21.4. The van der Waals surface area contributed by atoms with Crippen LogP contribution in [0.4, 0.5) is 0 Å². The van der Waals surface area contributed by atoms with E-state index in [9.17, 15) is 19.5 Å². The molecule has 0 aromatic heterocycles. The van der Waals surface area contributed by atoms with E-state index in [1.165, 1.54) is 437 Å². The summed E-state index contributed by atoms with van der Waals surface area (Å²) >= 11 is 0. The Kier molecular flexibility index (Phi) is 80.5. The highest BCUT2D eigenvalue weighted by atomic mass is 16.7. The molecule has 0 saturated carbocycles. The number of likely N-dealkylation sites (N-methyl/N-ethyl adjacent to an activating group) is 1. The Morgan fingerprint density at radius 1 is 0.263 bits per heavy atom. The van der Waals surface area contributed by atoms with Gasteiger partial charge in [-0.1, -0.05) is 476 Å². The Balaban J connectivity index is 3.87. The molecule has 9 heteroatoms. The molecule has 0 rings (SSSR count). The lowest BCUT2D eigenvalue weighted by Crippen LogP contribution is -2.40. The Morgan fingerprint density at radius 3 is 0.646 bits per heavy atom. The predicted molar refractivity (Wildman–Crippen MR) is 429 cm³/mol. The van der Waals surface area contributed by atoms with Gasteiger partial charge in [-0.05, 0) is 12.8 Å². The van der Waals surface area contributed by atoms with Gasteiger partial charge >= 0.3 is 17.9 Å². The molecule has 0 spiro atoms. The molecule has 590 valence electrons. The zero-order valence-corrected chi connectivity index (χ0v) is 68.0. The average Bonchev–Trinajstić information content (AvgIpc) is 1.14. The SMILES string of the molecule is CCCCCCCCCCCCCCCCCCCCCCCCCCCCCCCCCCCCCCCCCC(=O)OC(COC(=O)CCCCCCCCCCCCCCCCCCCCCCCCCCCCCCCCCCCCC)COC(OCC[N+](C)(C)C)C(=O)O. The van der Waals surface area contributed by atoms with Gasteiger partial charge in [-0.25, -0.2) is 4.79 Å². The van der Waals surface area contributed by atoms with Gasteiger partial charge in [0.2, 0.25) is 0 Å². The second-order valence-electron chi connectivity index (χ2n) is 32.6. The van der Waals surface area contributed by atoms with E-state index >= 15 is 0 Å². The summed E-state index contributed by atoms with van der Waals surface area (Å²) in [6.07, 6.45) is 100. The monoisotopic (exact) mass is 1400 g/mol. The second kappa shape index (κ2) is 82.0. The molecule has 99 heavy (non-hydrogen) atoms. The molecule has 0 bridgehead atoms. The highest BCUT2D eigenvalue weighted by Crippen LogP contribution is 2.22. The lowest BCUT2D eigenvalue weighted by atomic mass is 10.0. The second-order valence-corrected chi connectivity index (χ2v) is 32.6. The first-order valence-electron chi connectivity index (χ1n) is 45.2. The van der Waals surface area contributed by atoms with Crippen molar-refractivity contribution in [1.82, 2.24) is 0 Å². The third-order valence-electron chi connectivity index (χ3n) is 21.4. The Morgan fingerprint density at radius 2 is 0.455 bits per heavy atom. The maximum absolute atomic E-state index is 13.0. The van der Waals surface area contributed by atoms with Gasteiger partial charge in [0.15, 0.2) is 6.10 Å². The highest BCUT2D eigenvalue weighted by Gasteiger charge is 2.25. The van der Waals surface area contributed by atoms with Gasteiger partial charge in [-0.2, -0.15) is 0 Å². The number of esters is 2. The molecule has 0 saturated heterocycles. The summed E-state index contributed by atoms with van der Waals surface area (Å²) in [5, 5.41) is 9.79. The Labute approximate surface area is 619 Å². The molecule has 2 atom stereocenters. The summed E-state index contributed by atoms with van der Waals surface area (Å²) in [6, 6.07) is 0. The minimum atomic E-state index is -1.51. The van der Waals surface area contributed by atoms with Crippen LogP contribution in [0.15, 0.2) is 0 Å². The lowest BCUT2D eigenvalue weighted by molar-refractivity contribution is -0.870. The van der Waals surface area contributed by atoms with Crippen LogP contribution in [0, 0.1) is 0 Å². The molecule has 2 unspecified atom stereocenters. The number of carboxylic acid groups (broad SMARTS) is 1. The Bertz CT molecular complexity index is 1580. The van der Waals surface area contributed by atoms with Crippen molar-refractivity contribution in [2.45, 2.75) is 514 Å². The summed E-state index contributed by atoms with van der Waals surface area (Å²) in [5.41, 5.74) is 0. The number of aliphatic carboxylic acids is 1. The number of unbranched alkanes of at least 4 members (excludes halogenated alkanes) is 72. The molecule has 0 aliphatic heterocycles. The Hall–Kier alpha value is -1.71. The number of nitrogens with zero attached hydrogens (tertiary/aromatic N) is 1. The quantitative estimate of drug-likeness (QED) is 0.0278. The fourth-order valence-electron chi connectivity index (χ4n) is 14.5. The van der Waals surface area contributed by atoms with E-state index in [0.29, 0.717) is 17.4 Å².